The van der Waals surface area contributed by atoms with Crippen molar-refractivity contribution in [1.29, 1.82) is 0 Å². The fourth-order valence-corrected chi connectivity index (χ4v) is 3.65. The number of Topliss-reactive ketones (excluding diaryl/α,β-unsaturated/α-hetero) is 1. The molecule has 2 fully saturated rings. The van der Waals surface area contributed by atoms with Crippen molar-refractivity contribution in [3.63, 3.8) is 0 Å². The summed E-state index contributed by atoms with van der Waals surface area (Å²) in [5, 5.41) is 0. The van der Waals surface area contributed by atoms with E-state index in [1.165, 1.54) is 24.8 Å². The fraction of sp³-hybridized carbons (Fsp3) is 0.800. The Bertz CT molecular complexity index is 330. The minimum atomic E-state index is 0.171. The van der Waals surface area contributed by atoms with Crippen molar-refractivity contribution in [2.45, 2.75) is 59.3 Å². The van der Waals surface area contributed by atoms with Crippen molar-refractivity contribution in [2.75, 3.05) is 0 Å². The lowest BCUT2D eigenvalue weighted by Gasteiger charge is -2.48. The Balaban J connectivity index is 2.25. The zero-order chi connectivity index (χ0) is 12.0. The van der Waals surface area contributed by atoms with Gasteiger partial charge in [0.05, 0.1) is 0 Å². The van der Waals surface area contributed by atoms with Crippen LogP contribution >= 0.6 is 0 Å². The highest BCUT2D eigenvalue weighted by atomic mass is 16.1. The number of carbonyl (C=O) groups is 1. The van der Waals surface area contributed by atoms with Crippen LogP contribution in [-0.2, 0) is 4.79 Å². The molecular formula is C15H24O. The van der Waals surface area contributed by atoms with Gasteiger partial charge in [-0.15, -0.1) is 0 Å². The SMILES string of the molecule is C=C1CCC[C@@]1(C)[C@]1(C)CC[C@H](C)C(=O)C1. The first kappa shape index (κ1) is 11.9. The number of rotatable bonds is 1. The predicted octanol–water partition coefficient (Wildman–Crippen LogP) is 4.13. The Morgan fingerprint density at radius 2 is 2.00 bits per heavy atom. The minimum absolute atomic E-state index is 0.171. The van der Waals surface area contributed by atoms with Crippen LogP contribution in [0.5, 0.6) is 0 Å². The first-order valence-corrected chi connectivity index (χ1v) is 6.60. The van der Waals surface area contributed by atoms with Gasteiger partial charge in [-0.05, 0) is 42.9 Å². The van der Waals surface area contributed by atoms with Crippen LogP contribution in [0.2, 0.25) is 0 Å². The van der Waals surface area contributed by atoms with Crippen molar-refractivity contribution in [3.05, 3.63) is 12.2 Å². The maximum Gasteiger partial charge on any atom is 0.136 e. The number of hydrogen-bond donors (Lipinski definition) is 0. The molecule has 0 spiro atoms. The van der Waals surface area contributed by atoms with Crippen molar-refractivity contribution in [2.24, 2.45) is 16.7 Å². The van der Waals surface area contributed by atoms with Gasteiger partial charge in [-0.25, -0.2) is 0 Å². The summed E-state index contributed by atoms with van der Waals surface area (Å²) in [6.45, 7) is 11.0. The summed E-state index contributed by atoms with van der Waals surface area (Å²) in [5.41, 5.74) is 1.77. The highest BCUT2D eigenvalue weighted by Crippen LogP contribution is 2.59. The van der Waals surface area contributed by atoms with Gasteiger partial charge < -0.3 is 0 Å². The molecule has 1 heteroatoms. The molecule has 0 radical (unpaired) electrons. The highest BCUT2D eigenvalue weighted by Gasteiger charge is 2.50. The van der Waals surface area contributed by atoms with E-state index in [1.54, 1.807) is 0 Å². The molecule has 0 N–H and O–H groups in total. The van der Waals surface area contributed by atoms with Gasteiger partial charge >= 0.3 is 0 Å². The van der Waals surface area contributed by atoms with E-state index < -0.39 is 0 Å². The summed E-state index contributed by atoms with van der Waals surface area (Å²) >= 11 is 0. The molecule has 2 aliphatic carbocycles. The normalized spacial score (nSPS) is 45.1. The van der Waals surface area contributed by atoms with Crippen LogP contribution in [-0.4, -0.2) is 5.78 Å². The summed E-state index contributed by atoms with van der Waals surface area (Å²) in [6, 6.07) is 0. The first-order valence-electron chi connectivity index (χ1n) is 6.60. The fourth-order valence-electron chi connectivity index (χ4n) is 3.65. The van der Waals surface area contributed by atoms with Gasteiger partial charge in [-0.1, -0.05) is 32.9 Å². The third-order valence-electron chi connectivity index (χ3n) is 5.51. The molecule has 0 heterocycles. The van der Waals surface area contributed by atoms with Gasteiger partial charge in [0.2, 0.25) is 0 Å². The molecule has 2 aliphatic rings. The first-order chi connectivity index (χ1) is 7.39. The van der Waals surface area contributed by atoms with Gasteiger partial charge in [0.1, 0.15) is 5.78 Å². The number of allylic oxidation sites excluding steroid dienone is 1. The average Bonchev–Trinajstić information content (AvgIpc) is 2.56. The Morgan fingerprint density at radius 1 is 1.31 bits per heavy atom. The van der Waals surface area contributed by atoms with Crippen LogP contribution in [0.1, 0.15) is 59.3 Å². The summed E-state index contributed by atoms with van der Waals surface area (Å²) in [7, 11) is 0. The molecule has 0 aromatic heterocycles. The molecule has 0 bridgehead atoms. The number of hydrogen-bond acceptors (Lipinski definition) is 1. The largest absolute Gasteiger partial charge is 0.299 e. The molecule has 0 aliphatic heterocycles. The van der Waals surface area contributed by atoms with Crippen molar-refractivity contribution in [3.8, 4) is 0 Å². The molecule has 0 aromatic rings. The molecule has 0 aromatic carbocycles. The lowest BCUT2D eigenvalue weighted by Crippen LogP contribution is -2.42. The Morgan fingerprint density at radius 3 is 2.50 bits per heavy atom. The minimum Gasteiger partial charge on any atom is -0.299 e. The zero-order valence-corrected chi connectivity index (χ0v) is 10.9. The summed E-state index contributed by atoms with van der Waals surface area (Å²) < 4.78 is 0. The van der Waals surface area contributed by atoms with E-state index in [1.807, 2.05) is 0 Å². The van der Waals surface area contributed by atoms with Gasteiger partial charge in [0.15, 0.2) is 0 Å². The standard InChI is InChI=1S/C15H24O/c1-11-7-9-14(3,10-13(11)16)15(4)8-5-6-12(15)2/h11H,2,5-10H2,1,3-4H3/t11-,14+,15+/m0/s1. The smallest absolute Gasteiger partial charge is 0.136 e. The Hall–Kier alpha value is -0.590. The molecule has 0 unspecified atom stereocenters. The molecule has 0 amide bonds. The van der Waals surface area contributed by atoms with Crippen LogP contribution in [0, 0.1) is 16.7 Å². The average molecular weight is 220 g/mol. The van der Waals surface area contributed by atoms with Crippen LogP contribution in [0.3, 0.4) is 0 Å². The van der Waals surface area contributed by atoms with Gasteiger partial charge in [0, 0.05) is 12.3 Å². The van der Waals surface area contributed by atoms with E-state index in [4.69, 9.17) is 0 Å². The second kappa shape index (κ2) is 3.72. The molecule has 1 nitrogen and oxygen atoms in total. The predicted molar refractivity (Wildman–Crippen MR) is 67.2 cm³/mol. The Kier molecular flexibility index (Phi) is 2.76. The van der Waals surface area contributed by atoms with E-state index in [-0.39, 0.29) is 16.7 Å². The maximum absolute atomic E-state index is 12.0. The third kappa shape index (κ3) is 1.56. The van der Waals surface area contributed by atoms with Gasteiger partial charge in [0.25, 0.3) is 0 Å². The zero-order valence-electron chi connectivity index (χ0n) is 10.9. The van der Waals surface area contributed by atoms with Crippen LogP contribution in [0.15, 0.2) is 12.2 Å². The van der Waals surface area contributed by atoms with E-state index in [9.17, 15) is 4.79 Å². The second-order valence-corrected chi connectivity index (χ2v) is 6.43. The maximum atomic E-state index is 12.0. The van der Waals surface area contributed by atoms with E-state index >= 15 is 0 Å². The molecule has 2 saturated carbocycles. The molecule has 0 saturated heterocycles. The lowest BCUT2D eigenvalue weighted by atomic mass is 9.55. The highest BCUT2D eigenvalue weighted by molar-refractivity contribution is 5.82. The number of ketones is 1. The monoisotopic (exact) mass is 220 g/mol. The van der Waals surface area contributed by atoms with Crippen molar-refractivity contribution >= 4 is 5.78 Å². The van der Waals surface area contributed by atoms with E-state index in [2.05, 4.69) is 27.4 Å². The third-order valence-corrected chi connectivity index (χ3v) is 5.51. The van der Waals surface area contributed by atoms with E-state index in [0.717, 1.165) is 19.3 Å². The molecular weight excluding hydrogens is 196 g/mol. The van der Waals surface area contributed by atoms with Crippen LogP contribution in [0.25, 0.3) is 0 Å². The van der Waals surface area contributed by atoms with Crippen molar-refractivity contribution < 1.29 is 4.79 Å². The topological polar surface area (TPSA) is 17.1 Å². The van der Waals surface area contributed by atoms with E-state index in [0.29, 0.717) is 5.78 Å². The van der Waals surface area contributed by atoms with Crippen LogP contribution < -0.4 is 0 Å². The van der Waals surface area contributed by atoms with Gasteiger partial charge in [-0.2, -0.15) is 0 Å². The summed E-state index contributed by atoms with van der Waals surface area (Å²) in [6.07, 6.45) is 6.67. The van der Waals surface area contributed by atoms with Crippen molar-refractivity contribution in [1.82, 2.24) is 0 Å². The Labute approximate surface area is 99.3 Å². The summed E-state index contributed by atoms with van der Waals surface area (Å²) in [4.78, 5) is 12.0. The number of carbonyl (C=O) groups excluding carboxylic acids is 1. The molecule has 3 atom stereocenters. The lowest BCUT2D eigenvalue weighted by molar-refractivity contribution is -0.130. The van der Waals surface area contributed by atoms with Gasteiger partial charge in [-0.3, -0.25) is 4.79 Å². The molecule has 16 heavy (non-hydrogen) atoms. The molecule has 2 rings (SSSR count). The second-order valence-electron chi connectivity index (χ2n) is 6.43. The quantitative estimate of drug-likeness (QED) is 0.607. The van der Waals surface area contributed by atoms with Crippen LogP contribution in [0.4, 0.5) is 0 Å². The molecule has 90 valence electrons. The summed E-state index contributed by atoms with van der Waals surface area (Å²) in [5.74, 6) is 0.751.